The summed E-state index contributed by atoms with van der Waals surface area (Å²) in [7, 11) is 0. The lowest BCUT2D eigenvalue weighted by Gasteiger charge is -2.26. The second-order valence-electron chi connectivity index (χ2n) is 6.39. The lowest BCUT2D eigenvalue weighted by Crippen LogP contribution is -2.15. The summed E-state index contributed by atoms with van der Waals surface area (Å²) >= 11 is 0. The molecule has 0 radical (unpaired) electrons. The van der Waals surface area contributed by atoms with Gasteiger partial charge < -0.3 is 4.74 Å². The Morgan fingerprint density at radius 2 is 2.09 bits per heavy atom. The van der Waals surface area contributed by atoms with Crippen LogP contribution in [0.5, 0.6) is 0 Å². The van der Waals surface area contributed by atoms with Gasteiger partial charge in [0.1, 0.15) is 5.76 Å². The van der Waals surface area contributed by atoms with Crippen LogP contribution in [-0.2, 0) is 9.53 Å². The molecule has 0 heterocycles. The summed E-state index contributed by atoms with van der Waals surface area (Å²) in [5, 5.41) is 0. The molecule has 1 unspecified atom stereocenters. The Balaban J connectivity index is 2.57. The maximum absolute atomic E-state index is 12.4. The van der Waals surface area contributed by atoms with Crippen molar-refractivity contribution in [3.8, 4) is 0 Å². The van der Waals surface area contributed by atoms with Crippen LogP contribution in [0.1, 0.15) is 72.1 Å². The third-order valence-electron chi connectivity index (χ3n) is 4.51. The highest BCUT2D eigenvalue weighted by Gasteiger charge is 2.20. The SMILES string of the molecule is CC/C=C(\C=C(/CC)C(=O)CCC1CCC[C@H](C)C1)OCF. The van der Waals surface area contributed by atoms with Gasteiger partial charge in [-0.3, -0.25) is 4.79 Å². The normalized spacial score (nSPS) is 23.5. The van der Waals surface area contributed by atoms with Crippen LogP contribution in [0.4, 0.5) is 4.39 Å². The van der Waals surface area contributed by atoms with Crippen molar-refractivity contribution in [1.29, 1.82) is 0 Å². The van der Waals surface area contributed by atoms with Crippen molar-refractivity contribution in [2.45, 2.75) is 72.1 Å². The standard InChI is InChI=1S/C19H31FO2/c1-4-7-18(22-14-20)13-17(5-2)19(21)11-10-16-9-6-8-15(3)12-16/h7,13,15-16H,4-6,8-12,14H2,1-3H3/b17-13+,18-7+/t15-,16?/m0/s1. The molecule has 1 rings (SSSR count). The first-order chi connectivity index (χ1) is 10.6. The molecule has 126 valence electrons. The number of hydrogen-bond donors (Lipinski definition) is 0. The molecule has 1 saturated carbocycles. The lowest BCUT2D eigenvalue weighted by atomic mass is 9.79. The fourth-order valence-corrected chi connectivity index (χ4v) is 3.29. The molecule has 0 aromatic rings. The molecule has 1 aliphatic rings. The largest absolute Gasteiger partial charge is 0.463 e. The number of carbonyl (C=O) groups is 1. The van der Waals surface area contributed by atoms with Gasteiger partial charge in [-0.2, -0.15) is 0 Å². The summed E-state index contributed by atoms with van der Waals surface area (Å²) < 4.78 is 17.3. The van der Waals surface area contributed by atoms with Crippen LogP contribution in [0, 0.1) is 11.8 Å². The molecule has 3 heteroatoms. The second-order valence-corrected chi connectivity index (χ2v) is 6.39. The van der Waals surface area contributed by atoms with Gasteiger partial charge in [0.15, 0.2) is 5.78 Å². The summed E-state index contributed by atoms with van der Waals surface area (Å²) in [6.07, 6.45) is 11.7. The van der Waals surface area contributed by atoms with Crippen molar-refractivity contribution in [2.24, 2.45) is 11.8 Å². The second kappa shape index (κ2) is 10.6. The van der Waals surface area contributed by atoms with Gasteiger partial charge in [-0.1, -0.05) is 40.0 Å². The molecule has 1 aliphatic carbocycles. The quantitative estimate of drug-likeness (QED) is 0.308. The molecule has 0 spiro atoms. The molecule has 0 aromatic carbocycles. The molecule has 2 nitrogen and oxygen atoms in total. The Morgan fingerprint density at radius 1 is 1.32 bits per heavy atom. The maximum Gasteiger partial charge on any atom is 0.228 e. The molecule has 22 heavy (non-hydrogen) atoms. The number of ether oxygens (including phenoxy) is 1. The van der Waals surface area contributed by atoms with Crippen LogP contribution in [0.3, 0.4) is 0 Å². The van der Waals surface area contributed by atoms with E-state index in [-0.39, 0.29) is 5.78 Å². The highest BCUT2D eigenvalue weighted by molar-refractivity contribution is 5.95. The van der Waals surface area contributed by atoms with Gasteiger partial charge in [-0.15, -0.1) is 0 Å². The van der Waals surface area contributed by atoms with Crippen LogP contribution >= 0.6 is 0 Å². The van der Waals surface area contributed by atoms with Crippen LogP contribution in [0.15, 0.2) is 23.5 Å². The zero-order valence-electron chi connectivity index (χ0n) is 14.4. The Hall–Kier alpha value is -1.12. The summed E-state index contributed by atoms with van der Waals surface area (Å²) in [4.78, 5) is 12.4. The number of carbonyl (C=O) groups excluding carboxylic acids is 1. The van der Waals surface area contributed by atoms with Crippen molar-refractivity contribution < 1.29 is 13.9 Å². The van der Waals surface area contributed by atoms with Gasteiger partial charge >= 0.3 is 0 Å². The molecule has 0 saturated heterocycles. The molecule has 0 aliphatic heterocycles. The van der Waals surface area contributed by atoms with Crippen molar-refractivity contribution in [3.63, 3.8) is 0 Å². The molecule has 0 amide bonds. The zero-order valence-corrected chi connectivity index (χ0v) is 14.4. The number of hydrogen-bond acceptors (Lipinski definition) is 2. The summed E-state index contributed by atoms with van der Waals surface area (Å²) in [5.41, 5.74) is 0.747. The van der Waals surface area contributed by atoms with E-state index in [1.165, 1.54) is 25.7 Å². The molecular weight excluding hydrogens is 279 g/mol. The maximum atomic E-state index is 12.4. The van der Waals surface area contributed by atoms with Crippen molar-refractivity contribution in [3.05, 3.63) is 23.5 Å². The fraction of sp³-hybridized carbons (Fsp3) is 0.737. The van der Waals surface area contributed by atoms with Crippen LogP contribution in [0.2, 0.25) is 0 Å². The molecule has 2 atom stereocenters. The molecule has 1 fully saturated rings. The van der Waals surface area contributed by atoms with Gasteiger partial charge in [0.2, 0.25) is 6.86 Å². The van der Waals surface area contributed by atoms with E-state index in [0.29, 0.717) is 24.5 Å². The minimum atomic E-state index is -0.854. The highest BCUT2D eigenvalue weighted by atomic mass is 19.1. The topological polar surface area (TPSA) is 26.3 Å². The number of halogens is 1. The minimum Gasteiger partial charge on any atom is -0.463 e. The van der Waals surface area contributed by atoms with Crippen LogP contribution in [-0.4, -0.2) is 12.6 Å². The number of Topliss-reactive ketones (excluding diaryl/α,β-unsaturated/α-hetero) is 1. The highest BCUT2D eigenvalue weighted by Crippen LogP contribution is 2.31. The Labute approximate surface area is 134 Å². The number of rotatable bonds is 9. The molecule has 0 N–H and O–H groups in total. The predicted molar refractivity (Wildman–Crippen MR) is 89.2 cm³/mol. The molecular formula is C19H31FO2. The van der Waals surface area contributed by atoms with E-state index in [1.807, 2.05) is 19.9 Å². The minimum absolute atomic E-state index is 0.185. The van der Waals surface area contributed by atoms with Crippen LogP contribution < -0.4 is 0 Å². The Kier molecular flexibility index (Phi) is 9.10. The van der Waals surface area contributed by atoms with Gasteiger partial charge in [0.05, 0.1) is 0 Å². The first-order valence-corrected chi connectivity index (χ1v) is 8.73. The Morgan fingerprint density at radius 3 is 2.68 bits per heavy atom. The van der Waals surface area contributed by atoms with Gasteiger partial charge in [-0.25, -0.2) is 4.39 Å². The predicted octanol–water partition coefficient (Wildman–Crippen LogP) is 5.74. The van der Waals surface area contributed by atoms with Crippen molar-refractivity contribution in [1.82, 2.24) is 0 Å². The van der Waals surface area contributed by atoms with E-state index in [4.69, 9.17) is 4.74 Å². The van der Waals surface area contributed by atoms with Crippen molar-refractivity contribution in [2.75, 3.05) is 6.86 Å². The number of allylic oxidation sites excluding steroid dienone is 3. The summed E-state index contributed by atoms with van der Waals surface area (Å²) in [6, 6.07) is 0. The van der Waals surface area contributed by atoms with Crippen molar-refractivity contribution >= 4 is 5.78 Å². The lowest BCUT2D eigenvalue weighted by molar-refractivity contribution is -0.116. The Bertz CT molecular complexity index is 398. The van der Waals surface area contributed by atoms with Crippen LogP contribution in [0.25, 0.3) is 0 Å². The van der Waals surface area contributed by atoms with E-state index in [0.717, 1.165) is 24.3 Å². The van der Waals surface area contributed by atoms with E-state index >= 15 is 0 Å². The number of ketones is 1. The average molecular weight is 310 g/mol. The van der Waals surface area contributed by atoms with E-state index in [1.54, 1.807) is 6.08 Å². The fourth-order valence-electron chi connectivity index (χ4n) is 3.29. The van der Waals surface area contributed by atoms with E-state index in [9.17, 15) is 9.18 Å². The smallest absolute Gasteiger partial charge is 0.228 e. The number of alkyl halides is 1. The van der Waals surface area contributed by atoms with E-state index in [2.05, 4.69) is 6.92 Å². The third kappa shape index (κ3) is 6.76. The zero-order chi connectivity index (χ0) is 16.4. The molecule has 0 aromatic heterocycles. The first kappa shape index (κ1) is 18.9. The monoisotopic (exact) mass is 310 g/mol. The first-order valence-electron chi connectivity index (χ1n) is 8.73. The summed E-state index contributed by atoms with van der Waals surface area (Å²) in [5.74, 6) is 2.15. The average Bonchev–Trinajstić information content (AvgIpc) is 2.50. The summed E-state index contributed by atoms with van der Waals surface area (Å²) in [6.45, 7) is 5.38. The third-order valence-corrected chi connectivity index (χ3v) is 4.51. The van der Waals surface area contributed by atoms with Gasteiger partial charge in [0.25, 0.3) is 0 Å². The van der Waals surface area contributed by atoms with E-state index < -0.39 is 6.86 Å². The molecule has 0 bridgehead atoms. The van der Waals surface area contributed by atoms with Gasteiger partial charge in [0, 0.05) is 6.42 Å². The van der Waals surface area contributed by atoms with Gasteiger partial charge in [-0.05, 0) is 55.2 Å².